The zero-order chi connectivity index (χ0) is 15.8. The average Bonchev–Trinajstić information content (AvgIpc) is 2.53. The first-order chi connectivity index (χ1) is 10.7. The second-order valence-electron chi connectivity index (χ2n) is 5.55. The van der Waals surface area contributed by atoms with Crippen LogP contribution in [-0.4, -0.2) is 19.1 Å². The van der Waals surface area contributed by atoms with Gasteiger partial charge in [0.15, 0.2) is 0 Å². The summed E-state index contributed by atoms with van der Waals surface area (Å²) in [5.41, 5.74) is 2.21. The van der Waals surface area contributed by atoms with Crippen LogP contribution in [0.1, 0.15) is 30.9 Å². The van der Waals surface area contributed by atoms with E-state index in [0.717, 1.165) is 11.3 Å². The lowest BCUT2D eigenvalue weighted by molar-refractivity contribution is -0.120. The number of amides is 1. The number of rotatable bonds is 7. The molecule has 3 heteroatoms. The highest BCUT2D eigenvalue weighted by Gasteiger charge is 2.07. The van der Waals surface area contributed by atoms with Gasteiger partial charge >= 0.3 is 0 Å². The highest BCUT2D eigenvalue weighted by molar-refractivity contribution is 5.78. The Balaban J connectivity index is 1.74. The lowest BCUT2D eigenvalue weighted by Crippen LogP contribution is -2.29. The molecule has 0 heterocycles. The zero-order valence-electron chi connectivity index (χ0n) is 13.2. The van der Waals surface area contributed by atoms with E-state index in [1.165, 1.54) is 5.56 Å². The molecule has 22 heavy (non-hydrogen) atoms. The van der Waals surface area contributed by atoms with Crippen LogP contribution in [0.4, 0.5) is 0 Å². The fourth-order valence-corrected chi connectivity index (χ4v) is 2.28. The Kier molecular flexibility index (Phi) is 6.01. The van der Waals surface area contributed by atoms with E-state index in [1.54, 1.807) is 0 Å². The van der Waals surface area contributed by atoms with Gasteiger partial charge < -0.3 is 10.1 Å². The van der Waals surface area contributed by atoms with Crippen molar-refractivity contribution >= 4 is 5.91 Å². The van der Waals surface area contributed by atoms with Gasteiger partial charge in [0.25, 0.3) is 0 Å². The minimum absolute atomic E-state index is 0.0203. The maximum Gasteiger partial charge on any atom is 0.224 e. The Morgan fingerprint density at radius 1 is 1.05 bits per heavy atom. The van der Waals surface area contributed by atoms with Crippen molar-refractivity contribution in [3.05, 3.63) is 65.7 Å². The van der Waals surface area contributed by atoms with E-state index in [-0.39, 0.29) is 5.91 Å². The lowest BCUT2D eigenvalue weighted by Gasteiger charge is -2.14. The first-order valence-corrected chi connectivity index (χ1v) is 7.69. The first-order valence-electron chi connectivity index (χ1n) is 7.69. The second-order valence-corrected chi connectivity index (χ2v) is 5.55. The minimum Gasteiger partial charge on any atom is -0.491 e. The van der Waals surface area contributed by atoms with Crippen LogP contribution in [0.15, 0.2) is 54.6 Å². The van der Waals surface area contributed by atoms with E-state index < -0.39 is 0 Å². The molecule has 2 aromatic rings. The van der Waals surface area contributed by atoms with Crippen LogP contribution in [0.3, 0.4) is 0 Å². The molecule has 0 aromatic heterocycles. The molecular weight excluding hydrogens is 274 g/mol. The van der Waals surface area contributed by atoms with E-state index in [0.29, 0.717) is 25.5 Å². The fraction of sp³-hybridized carbons (Fsp3) is 0.316. The van der Waals surface area contributed by atoms with Crippen LogP contribution >= 0.6 is 0 Å². The summed E-state index contributed by atoms with van der Waals surface area (Å²) in [7, 11) is 0. The Bertz CT molecular complexity index is 593. The summed E-state index contributed by atoms with van der Waals surface area (Å²) in [6, 6.07) is 17.8. The third-order valence-corrected chi connectivity index (χ3v) is 3.43. The molecule has 2 rings (SSSR count). The van der Waals surface area contributed by atoms with Crippen molar-refractivity contribution in [1.29, 1.82) is 0 Å². The molecule has 1 amide bonds. The highest BCUT2D eigenvalue weighted by Crippen LogP contribution is 2.25. The van der Waals surface area contributed by atoms with Crippen LogP contribution in [0, 0.1) is 0 Å². The van der Waals surface area contributed by atoms with Crippen molar-refractivity contribution in [2.45, 2.75) is 26.2 Å². The summed E-state index contributed by atoms with van der Waals surface area (Å²) in [4.78, 5) is 11.8. The number of nitrogens with one attached hydrogen (secondary N) is 1. The van der Waals surface area contributed by atoms with E-state index in [9.17, 15) is 4.79 Å². The number of benzene rings is 2. The van der Waals surface area contributed by atoms with Crippen molar-refractivity contribution in [3.63, 3.8) is 0 Å². The second kappa shape index (κ2) is 8.23. The largest absolute Gasteiger partial charge is 0.491 e. The number of hydrogen-bond donors (Lipinski definition) is 1. The number of para-hydroxylation sites is 1. The van der Waals surface area contributed by atoms with Crippen molar-refractivity contribution in [2.24, 2.45) is 0 Å². The third-order valence-electron chi connectivity index (χ3n) is 3.43. The van der Waals surface area contributed by atoms with E-state index in [4.69, 9.17) is 4.74 Å². The molecule has 0 atom stereocenters. The minimum atomic E-state index is 0.0203. The van der Waals surface area contributed by atoms with Gasteiger partial charge in [-0.05, 0) is 23.1 Å². The molecule has 3 nitrogen and oxygen atoms in total. The lowest BCUT2D eigenvalue weighted by atomic mass is 10.0. The molecule has 0 aliphatic rings. The summed E-state index contributed by atoms with van der Waals surface area (Å²) in [6.45, 7) is 5.27. The molecule has 0 aliphatic heterocycles. The van der Waals surface area contributed by atoms with Gasteiger partial charge in [-0.1, -0.05) is 62.4 Å². The number of ether oxygens (including phenoxy) is 1. The smallest absolute Gasteiger partial charge is 0.224 e. The molecule has 0 bridgehead atoms. The summed E-state index contributed by atoms with van der Waals surface area (Å²) in [6.07, 6.45) is 0.406. The van der Waals surface area contributed by atoms with Crippen LogP contribution in [0.5, 0.6) is 5.75 Å². The Morgan fingerprint density at radius 2 is 1.73 bits per heavy atom. The van der Waals surface area contributed by atoms with Crippen LogP contribution in [-0.2, 0) is 11.2 Å². The predicted molar refractivity (Wildman–Crippen MR) is 89.2 cm³/mol. The first kappa shape index (κ1) is 16.1. The topological polar surface area (TPSA) is 38.3 Å². The SMILES string of the molecule is CC(C)c1ccccc1OCCNC(=O)Cc1ccccc1. The Morgan fingerprint density at radius 3 is 2.45 bits per heavy atom. The molecule has 0 aliphatic carbocycles. The molecule has 0 unspecified atom stereocenters. The van der Waals surface area contributed by atoms with Crippen molar-refractivity contribution in [3.8, 4) is 5.75 Å². The van der Waals surface area contributed by atoms with Gasteiger partial charge in [0, 0.05) is 0 Å². The van der Waals surface area contributed by atoms with Gasteiger partial charge in [-0.2, -0.15) is 0 Å². The van der Waals surface area contributed by atoms with Crippen LogP contribution in [0.2, 0.25) is 0 Å². The molecule has 0 saturated carbocycles. The van der Waals surface area contributed by atoms with Gasteiger partial charge in [0.1, 0.15) is 12.4 Å². The molecule has 1 N–H and O–H groups in total. The van der Waals surface area contributed by atoms with Gasteiger partial charge in [-0.25, -0.2) is 0 Å². The highest BCUT2D eigenvalue weighted by atomic mass is 16.5. The number of carbonyl (C=O) groups is 1. The zero-order valence-corrected chi connectivity index (χ0v) is 13.2. The Labute approximate surface area is 132 Å². The molecule has 0 spiro atoms. The Hall–Kier alpha value is -2.29. The number of hydrogen-bond acceptors (Lipinski definition) is 2. The van der Waals surface area contributed by atoms with Gasteiger partial charge in [0.2, 0.25) is 5.91 Å². The van der Waals surface area contributed by atoms with E-state index in [2.05, 4.69) is 25.2 Å². The van der Waals surface area contributed by atoms with Gasteiger partial charge in [-0.15, -0.1) is 0 Å². The van der Waals surface area contributed by atoms with Crippen LogP contribution < -0.4 is 10.1 Å². The van der Waals surface area contributed by atoms with Gasteiger partial charge in [0.05, 0.1) is 13.0 Å². The van der Waals surface area contributed by atoms with Crippen LogP contribution in [0.25, 0.3) is 0 Å². The molecule has 0 radical (unpaired) electrons. The van der Waals surface area contributed by atoms with Crippen molar-refractivity contribution < 1.29 is 9.53 Å². The average molecular weight is 297 g/mol. The van der Waals surface area contributed by atoms with Gasteiger partial charge in [-0.3, -0.25) is 4.79 Å². The monoisotopic (exact) mass is 297 g/mol. The number of carbonyl (C=O) groups excluding carboxylic acids is 1. The van der Waals surface area contributed by atoms with Crippen molar-refractivity contribution in [2.75, 3.05) is 13.2 Å². The summed E-state index contributed by atoms with van der Waals surface area (Å²) < 4.78 is 5.78. The third kappa shape index (κ3) is 4.92. The molecule has 2 aromatic carbocycles. The summed E-state index contributed by atoms with van der Waals surface area (Å²) in [5, 5.41) is 2.89. The standard InChI is InChI=1S/C19H23NO2/c1-15(2)17-10-6-7-11-18(17)22-13-12-20-19(21)14-16-8-4-3-5-9-16/h3-11,15H,12-14H2,1-2H3,(H,20,21). The molecule has 0 saturated heterocycles. The normalized spacial score (nSPS) is 10.5. The quantitative estimate of drug-likeness (QED) is 0.794. The van der Waals surface area contributed by atoms with E-state index in [1.807, 2.05) is 48.5 Å². The molecular formula is C19H23NO2. The maximum atomic E-state index is 11.8. The maximum absolute atomic E-state index is 11.8. The fourth-order valence-electron chi connectivity index (χ4n) is 2.28. The summed E-state index contributed by atoms with van der Waals surface area (Å²) >= 11 is 0. The summed E-state index contributed by atoms with van der Waals surface area (Å²) in [5.74, 6) is 1.34. The molecule has 0 fully saturated rings. The molecule has 116 valence electrons. The predicted octanol–water partition coefficient (Wildman–Crippen LogP) is 3.55. The van der Waals surface area contributed by atoms with Crippen molar-refractivity contribution in [1.82, 2.24) is 5.32 Å². The van der Waals surface area contributed by atoms with E-state index >= 15 is 0 Å².